The molecule has 0 saturated carbocycles. The van der Waals surface area contributed by atoms with Crippen LogP contribution in [0.4, 0.5) is 4.79 Å². The van der Waals surface area contributed by atoms with E-state index in [0.29, 0.717) is 0 Å². The summed E-state index contributed by atoms with van der Waals surface area (Å²) < 4.78 is 0. The Hall–Kier alpha value is -1.83. The number of hydrogen-bond donors (Lipinski definition) is 4. The Labute approximate surface area is 123 Å². The van der Waals surface area contributed by atoms with E-state index in [9.17, 15) is 14.4 Å². The van der Waals surface area contributed by atoms with Gasteiger partial charge in [-0.05, 0) is 25.8 Å². The minimum Gasteiger partial charge on any atom is -0.481 e. The summed E-state index contributed by atoms with van der Waals surface area (Å²) in [7, 11) is 0. The molecular formula is C13H23N3O5. The highest BCUT2D eigenvalue weighted by molar-refractivity contribution is 5.86. The molecule has 120 valence electrons. The molecule has 0 aromatic carbocycles. The summed E-state index contributed by atoms with van der Waals surface area (Å²) in [5.74, 6) is -2.62. The molecule has 1 rings (SSSR count). The first-order valence-corrected chi connectivity index (χ1v) is 7.16. The number of carboxylic acid groups (broad SMARTS) is 2. The third-order valence-electron chi connectivity index (χ3n) is 3.44. The van der Waals surface area contributed by atoms with E-state index in [1.807, 2.05) is 0 Å². The van der Waals surface area contributed by atoms with E-state index in [-0.39, 0.29) is 6.04 Å². The first-order chi connectivity index (χ1) is 9.92. The van der Waals surface area contributed by atoms with Gasteiger partial charge in [0.05, 0.1) is 6.42 Å². The quantitative estimate of drug-likeness (QED) is 0.529. The van der Waals surface area contributed by atoms with Crippen molar-refractivity contribution in [3.05, 3.63) is 0 Å². The van der Waals surface area contributed by atoms with Crippen molar-refractivity contribution in [1.82, 2.24) is 15.5 Å². The molecule has 8 heteroatoms. The summed E-state index contributed by atoms with van der Waals surface area (Å²) >= 11 is 0. The Morgan fingerprint density at radius 3 is 2.33 bits per heavy atom. The number of carbonyl (C=O) groups is 3. The van der Waals surface area contributed by atoms with Crippen molar-refractivity contribution < 1.29 is 24.6 Å². The standard InChI is InChI=1S/C13H23N3O5/c1-2-5-16-6-3-9(4-7-16)14-13(21)15-10(12(19)20)8-11(17)18/h9-10H,2-8H2,1H3,(H,17,18)(H,19,20)(H2,14,15,21). The fourth-order valence-corrected chi connectivity index (χ4v) is 2.38. The molecule has 0 spiro atoms. The summed E-state index contributed by atoms with van der Waals surface area (Å²) in [5.41, 5.74) is 0. The van der Waals surface area contributed by atoms with Crippen LogP contribution in [-0.2, 0) is 9.59 Å². The van der Waals surface area contributed by atoms with Gasteiger partial charge >= 0.3 is 18.0 Å². The monoisotopic (exact) mass is 301 g/mol. The number of carboxylic acids is 2. The largest absolute Gasteiger partial charge is 0.481 e. The minimum atomic E-state index is -1.41. The van der Waals surface area contributed by atoms with Gasteiger partial charge in [0.2, 0.25) is 0 Å². The van der Waals surface area contributed by atoms with Crippen molar-refractivity contribution in [3.8, 4) is 0 Å². The van der Waals surface area contributed by atoms with Gasteiger partial charge in [-0.2, -0.15) is 0 Å². The Balaban J connectivity index is 2.36. The molecule has 0 radical (unpaired) electrons. The van der Waals surface area contributed by atoms with Crippen molar-refractivity contribution in [1.29, 1.82) is 0 Å². The van der Waals surface area contributed by atoms with Crippen LogP contribution in [0, 0.1) is 0 Å². The zero-order valence-corrected chi connectivity index (χ0v) is 12.2. The van der Waals surface area contributed by atoms with E-state index in [2.05, 4.69) is 22.5 Å². The van der Waals surface area contributed by atoms with Crippen molar-refractivity contribution in [2.75, 3.05) is 19.6 Å². The van der Waals surface area contributed by atoms with Gasteiger partial charge in [0.25, 0.3) is 0 Å². The number of piperidine rings is 1. The van der Waals surface area contributed by atoms with E-state index >= 15 is 0 Å². The second-order valence-electron chi connectivity index (χ2n) is 5.22. The van der Waals surface area contributed by atoms with Crippen LogP contribution in [0.5, 0.6) is 0 Å². The van der Waals surface area contributed by atoms with Gasteiger partial charge in [-0.15, -0.1) is 0 Å². The maximum atomic E-state index is 11.7. The van der Waals surface area contributed by atoms with Gasteiger partial charge in [0, 0.05) is 19.1 Å². The molecule has 1 unspecified atom stereocenters. The summed E-state index contributed by atoms with van der Waals surface area (Å²) in [5, 5.41) is 22.4. The van der Waals surface area contributed by atoms with Crippen molar-refractivity contribution >= 4 is 18.0 Å². The highest BCUT2D eigenvalue weighted by Crippen LogP contribution is 2.10. The lowest BCUT2D eigenvalue weighted by Crippen LogP contribution is -2.52. The zero-order chi connectivity index (χ0) is 15.8. The van der Waals surface area contributed by atoms with Crippen LogP contribution >= 0.6 is 0 Å². The number of likely N-dealkylation sites (tertiary alicyclic amines) is 1. The number of rotatable bonds is 7. The molecule has 1 atom stereocenters. The van der Waals surface area contributed by atoms with E-state index < -0.39 is 30.4 Å². The lowest BCUT2D eigenvalue weighted by Gasteiger charge is -2.32. The van der Waals surface area contributed by atoms with E-state index in [0.717, 1.165) is 38.9 Å². The van der Waals surface area contributed by atoms with E-state index in [1.54, 1.807) is 0 Å². The SMILES string of the molecule is CCCN1CCC(NC(=O)NC(CC(=O)O)C(=O)O)CC1. The Morgan fingerprint density at radius 1 is 1.24 bits per heavy atom. The van der Waals surface area contributed by atoms with Crippen LogP contribution in [0.25, 0.3) is 0 Å². The third-order valence-corrected chi connectivity index (χ3v) is 3.44. The molecule has 0 aromatic rings. The average molecular weight is 301 g/mol. The zero-order valence-electron chi connectivity index (χ0n) is 12.2. The van der Waals surface area contributed by atoms with Crippen LogP contribution in [0.15, 0.2) is 0 Å². The molecule has 8 nitrogen and oxygen atoms in total. The van der Waals surface area contributed by atoms with Crippen LogP contribution in [-0.4, -0.2) is 64.8 Å². The van der Waals surface area contributed by atoms with Crippen molar-refractivity contribution in [2.45, 2.75) is 44.7 Å². The van der Waals surface area contributed by atoms with Crippen LogP contribution in [0.2, 0.25) is 0 Å². The summed E-state index contributed by atoms with van der Waals surface area (Å²) in [6.45, 7) is 4.96. The first kappa shape index (κ1) is 17.2. The lowest BCUT2D eigenvalue weighted by atomic mass is 10.1. The van der Waals surface area contributed by atoms with Crippen LogP contribution in [0.1, 0.15) is 32.6 Å². The molecule has 1 saturated heterocycles. The Kier molecular flexibility index (Phi) is 6.93. The van der Waals surface area contributed by atoms with Gasteiger partial charge in [-0.1, -0.05) is 6.92 Å². The normalized spacial score (nSPS) is 18.0. The van der Waals surface area contributed by atoms with Gasteiger partial charge in [-0.3, -0.25) is 4.79 Å². The highest BCUT2D eigenvalue weighted by Gasteiger charge is 2.25. The van der Waals surface area contributed by atoms with Crippen LogP contribution < -0.4 is 10.6 Å². The predicted octanol–water partition coefficient (Wildman–Crippen LogP) is 0.0879. The molecule has 4 N–H and O–H groups in total. The molecule has 1 aliphatic heterocycles. The molecule has 1 aliphatic rings. The average Bonchev–Trinajstić information content (AvgIpc) is 2.40. The second-order valence-corrected chi connectivity index (χ2v) is 5.22. The number of amides is 2. The summed E-state index contributed by atoms with van der Waals surface area (Å²) in [6.07, 6.45) is 2.07. The number of carbonyl (C=O) groups excluding carboxylic acids is 1. The minimum absolute atomic E-state index is 0.00243. The third kappa shape index (κ3) is 6.44. The molecular weight excluding hydrogens is 278 g/mol. The molecule has 1 heterocycles. The smallest absolute Gasteiger partial charge is 0.326 e. The van der Waals surface area contributed by atoms with Gasteiger partial charge in [-0.25, -0.2) is 9.59 Å². The summed E-state index contributed by atoms with van der Waals surface area (Å²) in [6, 6.07) is -2.04. The van der Waals surface area contributed by atoms with Gasteiger partial charge < -0.3 is 25.7 Å². The molecule has 1 fully saturated rings. The predicted molar refractivity (Wildman–Crippen MR) is 75.1 cm³/mol. The molecule has 0 aliphatic carbocycles. The van der Waals surface area contributed by atoms with E-state index in [1.165, 1.54) is 0 Å². The van der Waals surface area contributed by atoms with Gasteiger partial charge in [0.15, 0.2) is 0 Å². The molecule has 0 bridgehead atoms. The van der Waals surface area contributed by atoms with Gasteiger partial charge in [0.1, 0.15) is 6.04 Å². The van der Waals surface area contributed by atoms with Crippen molar-refractivity contribution in [3.63, 3.8) is 0 Å². The molecule has 0 aromatic heterocycles. The highest BCUT2D eigenvalue weighted by atomic mass is 16.4. The Morgan fingerprint density at radius 2 is 1.86 bits per heavy atom. The number of hydrogen-bond acceptors (Lipinski definition) is 4. The number of nitrogens with zero attached hydrogens (tertiary/aromatic N) is 1. The fourth-order valence-electron chi connectivity index (χ4n) is 2.38. The summed E-state index contributed by atoms with van der Waals surface area (Å²) in [4.78, 5) is 35.5. The van der Waals surface area contributed by atoms with Crippen molar-refractivity contribution in [2.24, 2.45) is 0 Å². The molecule has 21 heavy (non-hydrogen) atoms. The number of nitrogens with one attached hydrogen (secondary N) is 2. The maximum absolute atomic E-state index is 11.7. The number of urea groups is 1. The number of aliphatic carboxylic acids is 2. The fraction of sp³-hybridized carbons (Fsp3) is 0.769. The Bertz CT molecular complexity index is 380. The second kappa shape index (κ2) is 8.46. The maximum Gasteiger partial charge on any atom is 0.326 e. The van der Waals surface area contributed by atoms with E-state index in [4.69, 9.17) is 10.2 Å². The topological polar surface area (TPSA) is 119 Å². The molecule has 2 amide bonds. The lowest BCUT2D eigenvalue weighted by molar-refractivity contribution is -0.145. The van der Waals surface area contributed by atoms with Crippen LogP contribution in [0.3, 0.4) is 0 Å². The first-order valence-electron chi connectivity index (χ1n) is 7.16.